The van der Waals surface area contributed by atoms with Crippen LogP contribution in [0.5, 0.6) is 17.2 Å². The molecule has 0 saturated heterocycles. The van der Waals surface area contributed by atoms with Crippen molar-refractivity contribution in [1.82, 2.24) is 14.7 Å². The highest BCUT2D eigenvalue weighted by Crippen LogP contribution is 2.27. The number of fused-ring (bicyclic) bond motifs is 6. The van der Waals surface area contributed by atoms with Crippen LogP contribution in [0.3, 0.4) is 0 Å². The highest BCUT2D eigenvalue weighted by atomic mass is 16.5. The van der Waals surface area contributed by atoms with Crippen LogP contribution in [-0.2, 0) is 53.7 Å². The van der Waals surface area contributed by atoms with Gasteiger partial charge in [0.15, 0.2) is 0 Å². The molecule has 6 bridgehead atoms. The van der Waals surface area contributed by atoms with E-state index in [4.69, 9.17) is 14.2 Å². The third kappa shape index (κ3) is 11.0. The Kier molecular flexibility index (Phi) is 13.7. The minimum Gasteiger partial charge on any atom is -0.497 e. The lowest BCUT2D eigenvalue weighted by atomic mass is 10.0. The van der Waals surface area contributed by atoms with Crippen LogP contribution >= 0.6 is 0 Å². The van der Waals surface area contributed by atoms with Gasteiger partial charge in [-0.25, -0.2) is 0 Å². The molecule has 0 aromatic heterocycles. The number of amides is 3. The summed E-state index contributed by atoms with van der Waals surface area (Å²) in [6.07, 6.45) is 1.97. The number of nitrogens with zero attached hydrogens (tertiary/aromatic N) is 3. The number of carbonyl (C=O) groups excluding carboxylic acids is 3. The Hall–Kier alpha value is -4.53. The summed E-state index contributed by atoms with van der Waals surface area (Å²) in [7, 11) is 4.90. The predicted molar refractivity (Wildman–Crippen MR) is 196 cm³/mol. The number of hydrogen-bond acceptors (Lipinski definition) is 6. The van der Waals surface area contributed by atoms with Crippen molar-refractivity contribution >= 4 is 17.7 Å². The number of methoxy groups -OCH3 is 3. The van der Waals surface area contributed by atoms with E-state index in [1.165, 1.54) is 0 Å². The summed E-state index contributed by atoms with van der Waals surface area (Å²) in [5.41, 5.74) is 5.49. The van der Waals surface area contributed by atoms with Crippen molar-refractivity contribution in [3.63, 3.8) is 0 Å². The van der Waals surface area contributed by atoms with Gasteiger partial charge in [0, 0.05) is 58.5 Å². The molecule has 1 aliphatic rings. The zero-order valence-corrected chi connectivity index (χ0v) is 31.2. The lowest BCUT2D eigenvalue weighted by Crippen LogP contribution is -2.32. The van der Waals surface area contributed by atoms with Crippen LogP contribution in [-0.4, -0.2) is 53.8 Å². The number of ether oxygens (including phenoxy) is 3. The first-order valence-corrected chi connectivity index (χ1v) is 17.7. The molecule has 4 rings (SSSR count). The van der Waals surface area contributed by atoms with E-state index in [1.807, 2.05) is 85.7 Å². The molecule has 270 valence electrons. The number of rotatable bonds is 9. The van der Waals surface area contributed by atoms with Crippen molar-refractivity contribution in [2.45, 2.75) is 99.6 Å². The average molecular weight is 686 g/mol. The summed E-state index contributed by atoms with van der Waals surface area (Å²) in [6, 6.07) is 18.0. The standard InChI is InChI=1S/C41H55N3O6/c1-9-10-39(45)42-22-30-13-32(18-36(16-30)48-6)24-43(40(46)11-28(2)3)26-34-15-35(21-38(20-34)50-8)27-44(41(47)12-29(4)5)25-33-14-31(23-42)17-37(19-33)49-7/h13-21,28-29H,9-12,22-27H2,1-8H3. The Morgan fingerprint density at radius 3 is 0.980 bits per heavy atom. The van der Waals surface area contributed by atoms with Gasteiger partial charge in [0.05, 0.1) is 21.3 Å². The van der Waals surface area contributed by atoms with Crippen LogP contribution in [0.15, 0.2) is 54.6 Å². The number of hydrogen-bond donors (Lipinski definition) is 0. The summed E-state index contributed by atoms with van der Waals surface area (Å²) < 4.78 is 17.2. The fourth-order valence-corrected chi connectivity index (χ4v) is 6.43. The smallest absolute Gasteiger partial charge is 0.223 e. The SMILES string of the molecule is CCCC(=O)N1Cc2cc(cc(OC)c2)CN(C(=O)CC(C)C)Cc2cc(cc(OC)c2)CN(C(=O)CC(C)C)Cc2cc(cc(OC)c2)C1. The normalized spacial score (nSPS) is 13.9. The number of benzene rings is 3. The van der Waals surface area contributed by atoms with Gasteiger partial charge in [-0.2, -0.15) is 0 Å². The molecule has 1 aliphatic heterocycles. The molecule has 0 aliphatic carbocycles. The molecule has 3 aromatic rings. The minimum absolute atomic E-state index is 0.0454. The van der Waals surface area contributed by atoms with Gasteiger partial charge in [-0.1, -0.05) is 52.8 Å². The monoisotopic (exact) mass is 685 g/mol. The van der Waals surface area contributed by atoms with Gasteiger partial charge in [0.2, 0.25) is 17.7 Å². The van der Waals surface area contributed by atoms with Crippen LogP contribution in [0.25, 0.3) is 0 Å². The van der Waals surface area contributed by atoms with Gasteiger partial charge in [0.1, 0.15) is 17.2 Å². The van der Waals surface area contributed by atoms with E-state index in [0.717, 1.165) is 39.8 Å². The van der Waals surface area contributed by atoms with E-state index in [2.05, 4.69) is 18.2 Å². The van der Waals surface area contributed by atoms with Crippen molar-refractivity contribution in [3.05, 3.63) is 88.0 Å². The summed E-state index contributed by atoms with van der Waals surface area (Å²) in [5.74, 6) is 2.52. The maximum Gasteiger partial charge on any atom is 0.223 e. The third-order valence-electron chi connectivity index (χ3n) is 8.71. The van der Waals surface area contributed by atoms with Crippen LogP contribution in [0.2, 0.25) is 0 Å². The summed E-state index contributed by atoms with van der Waals surface area (Å²) in [4.78, 5) is 46.8. The largest absolute Gasteiger partial charge is 0.497 e. The molecular weight excluding hydrogens is 630 g/mol. The van der Waals surface area contributed by atoms with Crippen LogP contribution in [0.1, 0.15) is 93.7 Å². The Labute approximate surface area is 298 Å². The molecule has 3 aromatic carbocycles. The Balaban J connectivity index is 1.90. The van der Waals surface area contributed by atoms with E-state index in [1.54, 1.807) is 21.3 Å². The van der Waals surface area contributed by atoms with E-state index in [0.29, 0.717) is 75.8 Å². The summed E-state index contributed by atoms with van der Waals surface area (Å²) >= 11 is 0. The van der Waals surface area contributed by atoms with Gasteiger partial charge in [-0.15, -0.1) is 0 Å². The molecule has 0 atom stereocenters. The summed E-state index contributed by atoms with van der Waals surface area (Å²) in [6.45, 7) is 12.4. The molecule has 0 N–H and O–H groups in total. The molecule has 0 fully saturated rings. The molecule has 9 nitrogen and oxygen atoms in total. The van der Waals surface area contributed by atoms with Gasteiger partial charge in [-0.05, 0) is 88.0 Å². The summed E-state index contributed by atoms with van der Waals surface area (Å²) in [5, 5.41) is 0. The second-order valence-corrected chi connectivity index (χ2v) is 14.3. The highest BCUT2D eigenvalue weighted by Gasteiger charge is 2.22. The van der Waals surface area contributed by atoms with Crippen molar-refractivity contribution in [1.29, 1.82) is 0 Å². The fourth-order valence-electron chi connectivity index (χ4n) is 6.43. The molecule has 50 heavy (non-hydrogen) atoms. The maximum atomic E-state index is 13.8. The van der Waals surface area contributed by atoms with Crippen LogP contribution < -0.4 is 14.2 Å². The topological polar surface area (TPSA) is 88.6 Å². The molecule has 3 amide bonds. The lowest BCUT2D eigenvalue weighted by molar-refractivity contribution is -0.134. The molecule has 0 spiro atoms. The van der Waals surface area contributed by atoms with Crippen molar-refractivity contribution in [3.8, 4) is 17.2 Å². The van der Waals surface area contributed by atoms with E-state index in [-0.39, 0.29) is 29.6 Å². The molecule has 1 heterocycles. The Morgan fingerprint density at radius 1 is 0.500 bits per heavy atom. The zero-order chi connectivity index (χ0) is 36.4. The van der Waals surface area contributed by atoms with Gasteiger partial charge in [0.25, 0.3) is 0 Å². The lowest BCUT2D eigenvalue weighted by Gasteiger charge is -2.28. The van der Waals surface area contributed by atoms with Crippen molar-refractivity contribution in [2.24, 2.45) is 11.8 Å². The first kappa shape index (κ1) is 38.3. The average Bonchev–Trinajstić information content (AvgIpc) is 3.06. The van der Waals surface area contributed by atoms with Gasteiger partial charge >= 0.3 is 0 Å². The second kappa shape index (κ2) is 17.9. The van der Waals surface area contributed by atoms with Crippen LogP contribution in [0.4, 0.5) is 0 Å². The zero-order valence-electron chi connectivity index (χ0n) is 31.2. The number of carbonyl (C=O) groups is 3. The van der Waals surface area contributed by atoms with Crippen molar-refractivity contribution in [2.75, 3.05) is 21.3 Å². The predicted octanol–water partition coefficient (Wildman–Crippen LogP) is 7.50. The van der Waals surface area contributed by atoms with Crippen LogP contribution in [0, 0.1) is 11.8 Å². The first-order valence-electron chi connectivity index (χ1n) is 17.7. The second-order valence-electron chi connectivity index (χ2n) is 14.3. The molecule has 9 heteroatoms. The van der Waals surface area contributed by atoms with E-state index < -0.39 is 0 Å². The first-order chi connectivity index (χ1) is 23.9. The van der Waals surface area contributed by atoms with E-state index >= 15 is 0 Å². The quantitative estimate of drug-likeness (QED) is 0.232. The Morgan fingerprint density at radius 2 is 0.760 bits per heavy atom. The molecule has 0 radical (unpaired) electrons. The molecular formula is C41H55N3O6. The fraction of sp³-hybridized carbons (Fsp3) is 0.488. The molecule has 0 unspecified atom stereocenters. The maximum absolute atomic E-state index is 13.8. The van der Waals surface area contributed by atoms with Gasteiger partial charge in [-0.3, -0.25) is 14.4 Å². The molecule has 0 saturated carbocycles. The Bertz CT molecular complexity index is 1530. The van der Waals surface area contributed by atoms with Crippen molar-refractivity contribution < 1.29 is 28.6 Å². The van der Waals surface area contributed by atoms with Gasteiger partial charge < -0.3 is 28.9 Å². The van der Waals surface area contributed by atoms with E-state index in [9.17, 15) is 14.4 Å². The highest BCUT2D eigenvalue weighted by molar-refractivity contribution is 5.77. The minimum atomic E-state index is 0.0454. The third-order valence-corrected chi connectivity index (χ3v) is 8.71.